The van der Waals surface area contributed by atoms with Crippen LogP contribution in [0.5, 0.6) is 0 Å². The number of carbonyl (C=O) groups excluding carboxylic acids is 2. The van der Waals surface area contributed by atoms with Gasteiger partial charge in [-0.05, 0) is 65.0 Å². The Morgan fingerprint density at radius 2 is 1.84 bits per heavy atom. The molecular formula is C36H41N3O5. The normalized spacial score (nSPS) is 29.5. The third kappa shape index (κ3) is 5.13. The molecule has 2 unspecified atom stereocenters. The minimum absolute atomic E-state index is 0.0649. The van der Waals surface area contributed by atoms with Crippen LogP contribution < -0.4 is 10.2 Å². The van der Waals surface area contributed by atoms with E-state index in [2.05, 4.69) is 31.1 Å². The first kappa shape index (κ1) is 29.1. The van der Waals surface area contributed by atoms with Gasteiger partial charge in [0.05, 0.1) is 25.4 Å². The smallest absolute Gasteiger partial charge is 0.248 e. The van der Waals surface area contributed by atoms with E-state index in [1.165, 1.54) is 0 Å². The van der Waals surface area contributed by atoms with Crippen molar-refractivity contribution in [3.8, 4) is 0 Å². The van der Waals surface area contributed by atoms with Gasteiger partial charge in [0.2, 0.25) is 11.8 Å². The number of benzene rings is 2. The van der Waals surface area contributed by atoms with Crippen LogP contribution >= 0.6 is 0 Å². The maximum atomic E-state index is 15.0. The zero-order valence-electron chi connectivity index (χ0n) is 25.6. The van der Waals surface area contributed by atoms with E-state index >= 15 is 0 Å². The third-order valence-corrected chi connectivity index (χ3v) is 10.2. The highest BCUT2D eigenvalue weighted by Crippen LogP contribution is 2.53. The Labute approximate surface area is 258 Å². The number of aliphatic hydroxyl groups is 1. The highest BCUT2D eigenvalue weighted by Gasteiger charge is 2.56. The number of pyridine rings is 1. The van der Waals surface area contributed by atoms with Gasteiger partial charge in [0.1, 0.15) is 6.04 Å². The van der Waals surface area contributed by atoms with Crippen molar-refractivity contribution in [1.29, 1.82) is 0 Å². The van der Waals surface area contributed by atoms with Crippen LogP contribution in [0.25, 0.3) is 0 Å². The Bertz CT molecular complexity index is 1520. The lowest BCUT2D eigenvalue weighted by atomic mass is 9.82. The molecule has 0 bridgehead atoms. The van der Waals surface area contributed by atoms with Gasteiger partial charge in [-0.3, -0.25) is 19.5 Å². The van der Waals surface area contributed by atoms with Gasteiger partial charge in [-0.15, -0.1) is 0 Å². The first-order valence-electron chi connectivity index (χ1n) is 15.8. The number of rotatable bonds is 6. The molecule has 7 rings (SSSR count). The zero-order valence-corrected chi connectivity index (χ0v) is 25.6. The van der Waals surface area contributed by atoms with Crippen molar-refractivity contribution < 1.29 is 24.2 Å². The van der Waals surface area contributed by atoms with E-state index in [1.54, 1.807) is 23.4 Å². The van der Waals surface area contributed by atoms with E-state index in [-0.39, 0.29) is 47.2 Å². The molecule has 8 heteroatoms. The first-order chi connectivity index (χ1) is 21.2. The number of carbonyl (C=O) groups is 2. The van der Waals surface area contributed by atoms with Gasteiger partial charge in [-0.2, -0.15) is 0 Å². The second kappa shape index (κ2) is 11.4. The first-order valence-corrected chi connectivity index (χ1v) is 15.8. The summed E-state index contributed by atoms with van der Waals surface area (Å²) < 4.78 is 11.9. The van der Waals surface area contributed by atoms with E-state index in [0.717, 1.165) is 23.1 Å². The minimum Gasteiger partial charge on any atom is -0.390 e. The number of nitrogens with one attached hydrogen (secondary N) is 1. The van der Waals surface area contributed by atoms with Crippen molar-refractivity contribution in [3.05, 3.63) is 95.3 Å². The molecule has 230 valence electrons. The van der Waals surface area contributed by atoms with Crippen molar-refractivity contribution in [2.45, 2.75) is 69.9 Å². The summed E-state index contributed by atoms with van der Waals surface area (Å²) in [6.45, 7) is 7.63. The molecule has 1 aromatic heterocycles. The second-order valence-corrected chi connectivity index (χ2v) is 13.9. The maximum Gasteiger partial charge on any atom is 0.248 e. The molecule has 0 spiro atoms. The predicted molar refractivity (Wildman–Crippen MR) is 166 cm³/mol. The summed E-state index contributed by atoms with van der Waals surface area (Å²) in [6, 6.07) is 17.9. The number of nitrogens with zero attached hydrogens (tertiary/aromatic N) is 2. The summed E-state index contributed by atoms with van der Waals surface area (Å²) in [5.41, 5.74) is 4.27. The standard InChI is InChI=1S/C36H41N3O5/c1-36(2,3)24-10-12-25(13-11-24)39(34(42)28-17-23-20-44-35-30(23)27(28)14-16-43-35)32(22-8-6-15-37-19-22)33(41)38-31-26-9-5-4-7-21(26)18-29(31)40/h4-13,15,19,23,27-32,35,40H,14,16-18,20H2,1-3H3,(H,38,41)/t23-,27-,28-,29+,30?,31-,32?,35+/m1/s1. The van der Waals surface area contributed by atoms with Gasteiger partial charge in [-0.1, -0.05) is 63.2 Å². The number of anilines is 1. The second-order valence-electron chi connectivity index (χ2n) is 13.9. The molecule has 4 aliphatic rings. The summed E-state index contributed by atoms with van der Waals surface area (Å²) in [4.78, 5) is 35.6. The molecule has 3 heterocycles. The largest absolute Gasteiger partial charge is 0.390 e. The van der Waals surface area contributed by atoms with Gasteiger partial charge in [-0.25, -0.2) is 0 Å². The van der Waals surface area contributed by atoms with Crippen LogP contribution in [0.2, 0.25) is 0 Å². The number of fused-ring (bicyclic) bond motifs is 1. The van der Waals surface area contributed by atoms with E-state index in [9.17, 15) is 14.7 Å². The molecule has 2 aliphatic heterocycles. The highest BCUT2D eigenvalue weighted by atomic mass is 16.7. The van der Waals surface area contributed by atoms with Crippen LogP contribution in [0, 0.1) is 23.7 Å². The fourth-order valence-electron chi connectivity index (χ4n) is 8.01. The van der Waals surface area contributed by atoms with Crippen molar-refractivity contribution in [2.24, 2.45) is 23.7 Å². The summed E-state index contributed by atoms with van der Waals surface area (Å²) in [5.74, 6) is -0.0827. The molecule has 2 N–H and O–H groups in total. The molecule has 2 amide bonds. The predicted octanol–water partition coefficient (Wildman–Crippen LogP) is 4.87. The lowest BCUT2D eigenvalue weighted by Crippen LogP contribution is -2.49. The molecule has 8 nitrogen and oxygen atoms in total. The van der Waals surface area contributed by atoms with E-state index in [1.807, 2.05) is 54.6 Å². The van der Waals surface area contributed by atoms with Gasteiger partial charge >= 0.3 is 0 Å². The van der Waals surface area contributed by atoms with Crippen LogP contribution in [-0.2, 0) is 30.9 Å². The average molecular weight is 596 g/mol. The number of ether oxygens (including phenoxy) is 2. The van der Waals surface area contributed by atoms with Gasteiger partial charge in [0.25, 0.3) is 0 Å². The monoisotopic (exact) mass is 595 g/mol. The molecule has 1 saturated carbocycles. The summed E-state index contributed by atoms with van der Waals surface area (Å²) in [7, 11) is 0. The number of amides is 2. The van der Waals surface area contributed by atoms with Crippen molar-refractivity contribution in [3.63, 3.8) is 0 Å². The zero-order chi connectivity index (χ0) is 30.6. The number of aromatic nitrogens is 1. The Kier molecular flexibility index (Phi) is 7.55. The van der Waals surface area contributed by atoms with E-state index in [4.69, 9.17) is 9.47 Å². The van der Waals surface area contributed by atoms with Crippen LogP contribution in [0.1, 0.15) is 68.0 Å². The number of aliphatic hydroxyl groups excluding tert-OH is 1. The summed E-state index contributed by atoms with van der Waals surface area (Å²) in [6.07, 6.45) is 4.29. The van der Waals surface area contributed by atoms with Crippen LogP contribution in [0.15, 0.2) is 73.1 Å². The fourth-order valence-corrected chi connectivity index (χ4v) is 8.01. The highest BCUT2D eigenvalue weighted by molar-refractivity contribution is 6.02. The molecule has 2 saturated heterocycles. The quantitative estimate of drug-likeness (QED) is 0.422. The SMILES string of the molecule is CC(C)(C)c1ccc(N(C(=O)[C@@H]2C[C@@H]3CO[C@@H]4OCC[C@H]2C34)C(C(=O)N[C@@H]2c3ccccc3C[C@@H]2O)c2cccnc2)cc1. The summed E-state index contributed by atoms with van der Waals surface area (Å²) in [5, 5.41) is 14.2. The van der Waals surface area contributed by atoms with Crippen molar-refractivity contribution in [1.82, 2.24) is 10.3 Å². The Morgan fingerprint density at radius 3 is 2.59 bits per heavy atom. The molecule has 8 atom stereocenters. The molecule has 3 fully saturated rings. The molecule has 2 aliphatic carbocycles. The third-order valence-electron chi connectivity index (χ3n) is 10.2. The van der Waals surface area contributed by atoms with Gasteiger partial charge < -0.3 is 19.9 Å². The molecular weight excluding hydrogens is 554 g/mol. The summed E-state index contributed by atoms with van der Waals surface area (Å²) >= 11 is 0. The van der Waals surface area contributed by atoms with Gasteiger partial charge in [0.15, 0.2) is 6.29 Å². The van der Waals surface area contributed by atoms with Crippen LogP contribution in [0.4, 0.5) is 5.69 Å². The van der Waals surface area contributed by atoms with Crippen LogP contribution in [0.3, 0.4) is 0 Å². The van der Waals surface area contributed by atoms with Crippen LogP contribution in [-0.4, -0.2) is 47.5 Å². The molecule has 2 aromatic carbocycles. The van der Waals surface area contributed by atoms with Crippen molar-refractivity contribution >= 4 is 17.5 Å². The average Bonchev–Trinajstić information content (AvgIpc) is 3.71. The van der Waals surface area contributed by atoms with Crippen molar-refractivity contribution in [2.75, 3.05) is 18.1 Å². The number of hydrogen-bond donors (Lipinski definition) is 2. The van der Waals surface area contributed by atoms with E-state index < -0.39 is 18.2 Å². The Morgan fingerprint density at radius 1 is 1.05 bits per heavy atom. The fraction of sp³-hybridized carbons (Fsp3) is 0.472. The lowest BCUT2D eigenvalue weighted by Gasteiger charge is -2.38. The molecule has 0 radical (unpaired) electrons. The topological polar surface area (TPSA) is 101 Å². The minimum atomic E-state index is -0.982. The number of hydrogen-bond acceptors (Lipinski definition) is 6. The molecule has 3 aromatic rings. The van der Waals surface area contributed by atoms with Gasteiger partial charge in [0, 0.05) is 41.9 Å². The lowest BCUT2D eigenvalue weighted by molar-refractivity contribution is -0.170. The molecule has 44 heavy (non-hydrogen) atoms. The maximum absolute atomic E-state index is 15.0. The Balaban J connectivity index is 1.30. The Hall–Kier alpha value is -3.59. The van der Waals surface area contributed by atoms with E-state index in [0.29, 0.717) is 37.3 Å².